The number of nitrogens with zero attached hydrogens (tertiary/aromatic N) is 5. The highest BCUT2D eigenvalue weighted by atomic mass is 16.5. The average Bonchev–Trinajstić information content (AvgIpc) is 3.54. The van der Waals surface area contributed by atoms with Gasteiger partial charge < -0.3 is 30.3 Å². The molecule has 0 spiro atoms. The molecule has 4 aromatic rings. The molecule has 0 radical (unpaired) electrons. The monoisotopic (exact) mass is 533 g/mol. The Balaban J connectivity index is 1.30. The number of imidazole rings is 1. The molecule has 6 rings (SSSR count). The topological polar surface area (TPSA) is 157 Å². The van der Waals surface area contributed by atoms with Crippen LogP contribution in [0.5, 0.6) is 5.75 Å². The molecule has 12 heteroatoms. The Hall–Kier alpha value is -3.87. The molecular weight excluding hydrogens is 502 g/mol. The Morgan fingerprint density at radius 2 is 2.00 bits per heavy atom. The van der Waals surface area contributed by atoms with E-state index in [0.29, 0.717) is 34.3 Å². The predicted molar refractivity (Wildman–Crippen MR) is 142 cm³/mol. The number of hydrogen-bond donors (Lipinski definition) is 4. The van der Waals surface area contributed by atoms with Crippen LogP contribution < -0.4 is 15.4 Å². The first-order valence-electron chi connectivity index (χ1n) is 13.2. The summed E-state index contributed by atoms with van der Waals surface area (Å²) >= 11 is 0. The lowest BCUT2D eigenvalue weighted by molar-refractivity contribution is -0.0440. The quantitative estimate of drug-likeness (QED) is 0.278. The smallest absolute Gasteiger partial charge is 0.270 e. The molecule has 4 heterocycles. The SMILES string of the molecule is COc1cc(C(=O)N[C@@H]2[C@H](O)[C@@H](CO)O[C@H]2n2cnc3c(NC4CCCCC4)ncnc32)nc2ccccc12. The molecule has 2 aliphatic rings. The third-order valence-electron chi connectivity index (χ3n) is 7.56. The number of benzene rings is 1. The van der Waals surface area contributed by atoms with Gasteiger partial charge in [0, 0.05) is 17.5 Å². The highest BCUT2D eigenvalue weighted by molar-refractivity contribution is 5.97. The van der Waals surface area contributed by atoms with E-state index in [-0.39, 0.29) is 5.69 Å². The largest absolute Gasteiger partial charge is 0.496 e. The molecule has 1 aliphatic carbocycles. The van der Waals surface area contributed by atoms with E-state index in [4.69, 9.17) is 9.47 Å². The molecule has 1 aromatic carbocycles. The fourth-order valence-corrected chi connectivity index (χ4v) is 5.53. The van der Waals surface area contributed by atoms with Crippen LogP contribution in [0.4, 0.5) is 5.82 Å². The number of hydrogen-bond acceptors (Lipinski definition) is 10. The minimum Gasteiger partial charge on any atom is -0.496 e. The summed E-state index contributed by atoms with van der Waals surface area (Å²) in [5, 5.41) is 28.0. The number of rotatable bonds is 7. The van der Waals surface area contributed by atoms with Crippen molar-refractivity contribution in [3.63, 3.8) is 0 Å². The Bertz CT molecular complexity index is 1490. The van der Waals surface area contributed by atoms with Crippen molar-refractivity contribution in [3.05, 3.63) is 48.7 Å². The first-order valence-corrected chi connectivity index (χ1v) is 13.2. The molecule has 12 nitrogen and oxygen atoms in total. The van der Waals surface area contributed by atoms with Crippen molar-refractivity contribution in [2.24, 2.45) is 0 Å². The number of anilines is 1. The Kier molecular flexibility index (Phi) is 6.98. The number of pyridine rings is 1. The van der Waals surface area contributed by atoms with Gasteiger partial charge in [-0.3, -0.25) is 9.36 Å². The van der Waals surface area contributed by atoms with Crippen LogP contribution >= 0.6 is 0 Å². The second kappa shape index (κ2) is 10.7. The number of ether oxygens (including phenoxy) is 2. The van der Waals surface area contributed by atoms with Gasteiger partial charge in [-0.2, -0.15) is 0 Å². The van der Waals surface area contributed by atoms with Crippen LogP contribution in [0.25, 0.3) is 22.1 Å². The normalized spacial score (nSPS) is 23.8. The van der Waals surface area contributed by atoms with Gasteiger partial charge in [-0.25, -0.2) is 19.9 Å². The van der Waals surface area contributed by atoms with Gasteiger partial charge in [0.1, 0.15) is 36.0 Å². The fraction of sp³-hybridized carbons (Fsp3) is 0.444. The van der Waals surface area contributed by atoms with E-state index in [1.165, 1.54) is 32.7 Å². The molecular formula is C27H31N7O5. The van der Waals surface area contributed by atoms with E-state index in [2.05, 4.69) is 30.6 Å². The van der Waals surface area contributed by atoms with Gasteiger partial charge in [0.25, 0.3) is 5.91 Å². The number of fused-ring (bicyclic) bond motifs is 2. The lowest BCUT2D eigenvalue weighted by Crippen LogP contribution is -2.47. The first kappa shape index (κ1) is 25.4. The highest BCUT2D eigenvalue weighted by Crippen LogP contribution is 2.33. The number of aliphatic hydroxyl groups is 2. The summed E-state index contributed by atoms with van der Waals surface area (Å²) < 4.78 is 13.1. The number of aromatic nitrogens is 5. The van der Waals surface area contributed by atoms with Gasteiger partial charge in [-0.1, -0.05) is 31.4 Å². The van der Waals surface area contributed by atoms with Gasteiger partial charge in [0.05, 0.1) is 25.6 Å². The van der Waals surface area contributed by atoms with E-state index in [1.807, 2.05) is 18.2 Å². The molecule has 1 saturated carbocycles. The number of para-hydroxylation sites is 1. The van der Waals surface area contributed by atoms with Crippen LogP contribution in [0.2, 0.25) is 0 Å². The Labute approximate surface area is 224 Å². The summed E-state index contributed by atoms with van der Waals surface area (Å²) in [7, 11) is 1.53. The van der Waals surface area contributed by atoms with Crippen LogP contribution in [0.15, 0.2) is 43.0 Å². The molecule has 4 N–H and O–H groups in total. The zero-order valence-electron chi connectivity index (χ0n) is 21.5. The zero-order valence-corrected chi connectivity index (χ0v) is 21.5. The van der Waals surface area contributed by atoms with E-state index >= 15 is 0 Å². The van der Waals surface area contributed by atoms with Crippen LogP contribution in [-0.2, 0) is 4.74 Å². The minimum atomic E-state index is -1.19. The lowest BCUT2D eigenvalue weighted by atomic mass is 9.95. The van der Waals surface area contributed by atoms with E-state index in [0.717, 1.165) is 18.2 Å². The average molecular weight is 534 g/mol. The van der Waals surface area contributed by atoms with Crippen molar-refractivity contribution in [1.29, 1.82) is 0 Å². The van der Waals surface area contributed by atoms with Crippen molar-refractivity contribution in [3.8, 4) is 5.75 Å². The van der Waals surface area contributed by atoms with E-state index in [1.54, 1.807) is 23.0 Å². The maximum Gasteiger partial charge on any atom is 0.270 e. The standard InChI is InChI=1S/C27H31N7O5/c1-38-19-11-18(32-17-10-6-5-9-16(17)19)26(37)33-21-23(36)20(12-35)39-27(21)34-14-30-22-24(28-13-29-25(22)34)31-15-7-3-2-4-8-15/h5-6,9-11,13-15,20-21,23,27,35-36H,2-4,7-8,12H2,1H3,(H,33,37)(H,28,29,31)/t20-,21-,23-,27-/m1/s1. The molecule has 1 aliphatic heterocycles. The summed E-state index contributed by atoms with van der Waals surface area (Å²) in [5.74, 6) is 0.624. The van der Waals surface area contributed by atoms with Gasteiger partial charge in [-0.15, -0.1) is 0 Å². The maximum absolute atomic E-state index is 13.4. The minimum absolute atomic E-state index is 0.126. The van der Waals surface area contributed by atoms with Crippen molar-refractivity contribution >= 4 is 33.8 Å². The molecule has 1 saturated heterocycles. The molecule has 0 unspecified atom stereocenters. The number of aliphatic hydroxyl groups excluding tert-OH is 2. The third-order valence-corrected chi connectivity index (χ3v) is 7.56. The molecule has 2 fully saturated rings. The Morgan fingerprint density at radius 1 is 1.18 bits per heavy atom. The molecule has 1 amide bonds. The zero-order chi connectivity index (χ0) is 26.9. The molecule has 39 heavy (non-hydrogen) atoms. The van der Waals surface area contributed by atoms with Gasteiger partial charge in [-0.05, 0) is 25.0 Å². The number of amides is 1. The van der Waals surface area contributed by atoms with Crippen molar-refractivity contribution < 1.29 is 24.5 Å². The first-order chi connectivity index (χ1) is 19.1. The summed E-state index contributed by atoms with van der Waals surface area (Å²) in [4.78, 5) is 31.3. The molecule has 0 bridgehead atoms. The number of carbonyl (C=O) groups excluding carboxylic acids is 1. The Morgan fingerprint density at radius 3 is 2.79 bits per heavy atom. The van der Waals surface area contributed by atoms with Crippen molar-refractivity contribution in [1.82, 2.24) is 29.8 Å². The van der Waals surface area contributed by atoms with E-state index in [9.17, 15) is 15.0 Å². The summed E-state index contributed by atoms with van der Waals surface area (Å²) in [5.41, 5.74) is 1.79. The molecule has 204 valence electrons. The van der Waals surface area contributed by atoms with Crippen LogP contribution in [0.3, 0.4) is 0 Å². The van der Waals surface area contributed by atoms with Crippen LogP contribution in [-0.4, -0.2) is 78.6 Å². The fourth-order valence-electron chi connectivity index (χ4n) is 5.53. The van der Waals surface area contributed by atoms with Crippen LogP contribution in [0.1, 0.15) is 48.8 Å². The number of nitrogens with one attached hydrogen (secondary N) is 2. The number of carbonyl (C=O) groups is 1. The molecule has 3 aromatic heterocycles. The number of methoxy groups -OCH3 is 1. The van der Waals surface area contributed by atoms with Gasteiger partial charge in [0.2, 0.25) is 0 Å². The van der Waals surface area contributed by atoms with Crippen LogP contribution in [0, 0.1) is 0 Å². The van der Waals surface area contributed by atoms with Gasteiger partial charge >= 0.3 is 0 Å². The molecule has 4 atom stereocenters. The predicted octanol–water partition coefficient (Wildman–Crippen LogP) is 2.18. The summed E-state index contributed by atoms with van der Waals surface area (Å²) in [6.07, 6.45) is 5.77. The maximum atomic E-state index is 13.4. The van der Waals surface area contributed by atoms with Gasteiger partial charge in [0.15, 0.2) is 23.2 Å². The summed E-state index contributed by atoms with van der Waals surface area (Å²) in [6.45, 7) is -0.428. The van der Waals surface area contributed by atoms with Crippen molar-refractivity contribution in [2.45, 2.75) is 62.6 Å². The second-order valence-corrected chi connectivity index (χ2v) is 9.99. The highest BCUT2D eigenvalue weighted by Gasteiger charge is 2.46. The van der Waals surface area contributed by atoms with Crippen molar-refractivity contribution in [2.75, 3.05) is 19.0 Å². The second-order valence-electron chi connectivity index (χ2n) is 9.99. The summed E-state index contributed by atoms with van der Waals surface area (Å²) in [6, 6.07) is 8.32. The van der Waals surface area contributed by atoms with E-state index < -0.39 is 37.0 Å². The lowest BCUT2D eigenvalue weighted by Gasteiger charge is -2.24. The third kappa shape index (κ3) is 4.75.